The molecule has 0 radical (unpaired) electrons. The van der Waals surface area contributed by atoms with Crippen LogP contribution in [0.25, 0.3) is 0 Å². The van der Waals surface area contributed by atoms with Crippen LogP contribution in [0.15, 0.2) is 97.2 Å². The van der Waals surface area contributed by atoms with Gasteiger partial charge in [0, 0.05) is 25.7 Å². The Bertz CT molecular complexity index is 2200. The summed E-state index contributed by atoms with van der Waals surface area (Å²) in [7, 11) is -9.96. The Morgan fingerprint density at radius 2 is 0.562 bits per heavy atom. The van der Waals surface area contributed by atoms with Gasteiger partial charge in [0.25, 0.3) is 0 Å². The molecule has 0 amide bonds. The molecule has 0 aliphatic rings. The fourth-order valence-electron chi connectivity index (χ4n) is 9.77. The molecule has 0 saturated carbocycles. The second kappa shape index (κ2) is 69.5. The van der Waals surface area contributed by atoms with E-state index >= 15 is 0 Å². The summed E-state index contributed by atoms with van der Waals surface area (Å²) in [6.07, 6.45) is 71.2. The molecule has 17 nitrogen and oxygen atoms in total. The summed E-state index contributed by atoms with van der Waals surface area (Å²) < 4.78 is 68.4. The molecule has 0 aromatic carbocycles. The van der Waals surface area contributed by atoms with E-state index in [0.717, 1.165) is 193 Å². The van der Waals surface area contributed by atoms with Gasteiger partial charge in [-0.1, -0.05) is 247 Å². The monoisotopic (exact) mass is 1390 g/mol. The maximum atomic E-state index is 13.1. The number of aliphatic hydroxyl groups excluding tert-OH is 1. The summed E-state index contributed by atoms with van der Waals surface area (Å²) in [5, 5.41) is 10.6. The van der Waals surface area contributed by atoms with Gasteiger partial charge in [-0.2, -0.15) is 0 Å². The number of ether oxygens (including phenoxy) is 4. The van der Waals surface area contributed by atoms with Gasteiger partial charge in [0.05, 0.1) is 26.4 Å². The standard InChI is InChI=1S/C77H134O17P2/c1-5-9-13-17-21-25-29-33-35-39-41-45-49-53-57-61-74(79)87-67-72(93-76(81)63-59-55-51-47-43-37-31-27-23-19-15-11-7-3)69-91-95(83,84)89-65-71(78)66-90-96(85,86)92-70-73(94-77(82)64-60-56-52-48-44-38-32-28-24-20-16-12-8-4)68-88-75(80)62-58-54-50-46-42-40-36-34-30-26-22-18-14-10-6-2/h9,13,15-16,19-21,25,27-28,31-36,71-73,78H,5-8,10-12,14,17-18,22-24,26,29-30,37-70H2,1-4H3,(H,83,84)(H,85,86)/b13-9-,19-15-,20-16-,25-21-,31-27-,32-28-,35-33-,36-34-. The van der Waals surface area contributed by atoms with Gasteiger partial charge in [-0.05, 0) is 135 Å². The number of unbranched alkanes of at least 4 members (excludes halogenated alkanes) is 28. The fourth-order valence-corrected chi connectivity index (χ4v) is 11.4. The molecule has 0 fully saturated rings. The summed E-state index contributed by atoms with van der Waals surface area (Å²) in [4.78, 5) is 72.8. The van der Waals surface area contributed by atoms with Gasteiger partial charge in [0.15, 0.2) is 12.2 Å². The molecule has 3 N–H and O–H groups in total. The van der Waals surface area contributed by atoms with Crippen molar-refractivity contribution in [1.29, 1.82) is 0 Å². The number of phosphoric ester groups is 2. The first-order valence-corrected chi connectivity index (χ1v) is 40.5. The number of esters is 4. The van der Waals surface area contributed by atoms with Crippen molar-refractivity contribution in [3.8, 4) is 0 Å². The van der Waals surface area contributed by atoms with Crippen LogP contribution in [0.1, 0.15) is 310 Å². The van der Waals surface area contributed by atoms with Crippen LogP contribution in [0.4, 0.5) is 0 Å². The Kier molecular flexibility index (Phi) is 66.6. The molecular formula is C77H134O17P2. The van der Waals surface area contributed by atoms with Crippen LogP contribution in [0.5, 0.6) is 0 Å². The normalized spacial score (nSPS) is 14.5. The zero-order valence-corrected chi connectivity index (χ0v) is 62.1. The number of hydrogen-bond acceptors (Lipinski definition) is 15. The maximum Gasteiger partial charge on any atom is 0.472 e. The molecule has 19 heteroatoms. The van der Waals surface area contributed by atoms with Crippen molar-refractivity contribution in [2.45, 2.75) is 329 Å². The SMILES string of the molecule is CC/C=C\C/C=C\C/C=C\CCCCCCCC(=O)OCC(COP(=O)(O)OCC(O)COP(=O)(O)OCC(COC(=O)CCCCCCC/C=C\CCCCCCCC)OC(=O)CCCCCCC/C=C\C/C=C\CCC)OC(=O)CCCCCCC/C=C\C/C=C\CCC. The number of allylic oxidation sites excluding steroid dienone is 16. The third-order valence-corrected chi connectivity index (χ3v) is 17.4. The maximum absolute atomic E-state index is 13.1. The van der Waals surface area contributed by atoms with E-state index in [-0.39, 0.29) is 25.7 Å². The van der Waals surface area contributed by atoms with Crippen LogP contribution in [0.3, 0.4) is 0 Å². The third kappa shape index (κ3) is 68.5. The van der Waals surface area contributed by atoms with Gasteiger partial charge in [0.2, 0.25) is 0 Å². The number of carbonyl (C=O) groups is 4. The minimum atomic E-state index is -4.98. The van der Waals surface area contributed by atoms with E-state index in [1.54, 1.807) is 0 Å². The highest BCUT2D eigenvalue weighted by Crippen LogP contribution is 2.45. The topological polar surface area (TPSA) is 237 Å². The van der Waals surface area contributed by atoms with E-state index in [1.165, 1.54) is 38.5 Å². The summed E-state index contributed by atoms with van der Waals surface area (Å²) in [5.74, 6) is -2.23. The van der Waals surface area contributed by atoms with Gasteiger partial charge < -0.3 is 33.8 Å². The largest absolute Gasteiger partial charge is 0.472 e. The smallest absolute Gasteiger partial charge is 0.462 e. The number of aliphatic hydroxyl groups is 1. The molecule has 5 atom stereocenters. The molecule has 0 aromatic heterocycles. The van der Waals surface area contributed by atoms with Gasteiger partial charge in [-0.3, -0.25) is 37.3 Å². The highest BCUT2D eigenvalue weighted by atomic mass is 31.2. The third-order valence-electron chi connectivity index (χ3n) is 15.5. The first-order chi connectivity index (χ1) is 46.7. The van der Waals surface area contributed by atoms with E-state index in [0.29, 0.717) is 25.7 Å². The lowest BCUT2D eigenvalue weighted by atomic mass is 10.1. The van der Waals surface area contributed by atoms with E-state index in [2.05, 4.69) is 125 Å². The molecule has 96 heavy (non-hydrogen) atoms. The zero-order valence-electron chi connectivity index (χ0n) is 60.3. The van der Waals surface area contributed by atoms with Crippen molar-refractivity contribution in [3.63, 3.8) is 0 Å². The summed E-state index contributed by atoms with van der Waals surface area (Å²) in [6.45, 7) is 4.58. The van der Waals surface area contributed by atoms with Crippen molar-refractivity contribution < 1.29 is 80.2 Å². The molecule has 0 heterocycles. The highest BCUT2D eigenvalue weighted by molar-refractivity contribution is 7.47. The van der Waals surface area contributed by atoms with E-state index in [1.807, 2.05) is 0 Å². The lowest BCUT2D eigenvalue weighted by Gasteiger charge is -2.21. The predicted octanol–water partition coefficient (Wildman–Crippen LogP) is 21.2. The van der Waals surface area contributed by atoms with Gasteiger partial charge in [-0.25, -0.2) is 9.13 Å². The Morgan fingerprint density at radius 1 is 0.302 bits per heavy atom. The average Bonchev–Trinajstić information content (AvgIpc) is 1.14. The van der Waals surface area contributed by atoms with Crippen LogP contribution >= 0.6 is 15.6 Å². The van der Waals surface area contributed by atoms with Gasteiger partial charge in [0.1, 0.15) is 19.3 Å². The molecule has 0 aromatic rings. The van der Waals surface area contributed by atoms with Crippen molar-refractivity contribution in [3.05, 3.63) is 97.2 Å². The van der Waals surface area contributed by atoms with Crippen LogP contribution in [-0.4, -0.2) is 96.7 Å². The molecule has 0 spiro atoms. The first kappa shape index (κ1) is 92.0. The lowest BCUT2D eigenvalue weighted by Crippen LogP contribution is -2.30. The summed E-state index contributed by atoms with van der Waals surface area (Å²) in [5.41, 5.74) is 0. The highest BCUT2D eigenvalue weighted by Gasteiger charge is 2.30. The number of phosphoric acid groups is 2. The van der Waals surface area contributed by atoms with Crippen molar-refractivity contribution in [2.24, 2.45) is 0 Å². The molecule has 0 aliphatic heterocycles. The number of carbonyl (C=O) groups excluding carboxylic acids is 4. The van der Waals surface area contributed by atoms with E-state index in [9.17, 15) is 43.2 Å². The van der Waals surface area contributed by atoms with Crippen LogP contribution < -0.4 is 0 Å². The number of hydrogen-bond donors (Lipinski definition) is 3. The van der Waals surface area contributed by atoms with Crippen LogP contribution in [0.2, 0.25) is 0 Å². The number of rotatable bonds is 70. The average molecular weight is 1390 g/mol. The van der Waals surface area contributed by atoms with Crippen LogP contribution in [0, 0.1) is 0 Å². The zero-order chi connectivity index (χ0) is 70.4. The molecule has 0 saturated heterocycles. The predicted molar refractivity (Wildman–Crippen MR) is 390 cm³/mol. The molecular weight excluding hydrogens is 1260 g/mol. The first-order valence-electron chi connectivity index (χ1n) is 37.5. The Balaban J connectivity index is 5.36. The minimum absolute atomic E-state index is 0.0740. The second-order valence-corrected chi connectivity index (χ2v) is 27.8. The van der Waals surface area contributed by atoms with Gasteiger partial charge >= 0.3 is 39.5 Å². The fraction of sp³-hybridized carbons (Fsp3) is 0.740. The summed E-state index contributed by atoms with van der Waals surface area (Å²) >= 11 is 0. The minimum Gasteiger partial charge on any atom is -0.462 e. The Labute approximate surface area is 582 Å². The van der Waals surface area contributed by atoms with E-state index < -0.39 is 97.5 Å². The van der Waals surface area contributed by atoms with Crippen LogP contribution in [-0.2, 0) is 65.4 Å². The Hall–Kier alpha value is -4.02. The molecule has 5 unspecified atom stereocenters. The quantitative estimate of drug-likeness (QED) is 0.0169. The van der Waals surface area contributed by atoms with Crippen molar-refractivity contribution >= 4 is 39.5 Å². The summed E-state index contributed by atoms with van der Waals surface area (Å²) in [6, 6.07) is 0. The lowest BCUT2D eigenvalue weighted by molar-refractivity contribution is -0.161. The van der Waals surface area contributed by atoms with Crippen molar-refractivity contribution in [1.82, 2.24) is 0 Å². The molecule has 0 rings (SSSR count). The molecule has 554 valence electrons. The molecule has 0 bridgehead atoms. The Morgan fingerprint density at radius 3 is 0.885 bits per heavy atom. The van der Waals surface area contributed by atoms with Gasteiger partial charge in [-0.15, -0.1) is 0 Å². The molecule has 0 aliphatic carbocycles. The van der Waals surface area contributed by atoms with Crippen molar-refractivity contribution in [2.75, 3.05) is 39.6 Å². The van der Waals surface area contributed by atoms with E-state index in [4.69, 9.17) is 37.0 Å². The second-order valence-electron chi connectivity index (χ2n) is 24.8.